The van der Waals surface area contributed by atoms with Gasteiger partial charge in [0.05, 0.1) is 5.69 Å². The van der Waals surface area contributed by atoms with Crippen LogP contribution in [0.15, 0.2) is 156 Å². The number of anilines is 6. The predicted octanol–water partition coefficient (Wildman–Crippen LogP) is 17.3. The summed E-state index contributed by atoms with van der Waals surface area (Å²) in [7, 11) is 0. The van der Waals surface area contributed by atoms with Crippen LogP contribution in [0.5, 0.6) is 0 Å². The maximum Gasteiger partial charge on any atom is 0.252 e. The Kier molecular flexibility index (Phi) is 9.85. The van der Waals surface area contributed by atoms with Gasteiger partial charge in [0, 0.05) is 44.8 Å². The average molecular weight is 953 g/mol. The molecule has 0 spiro atoms. The second-order valence-electron chi connectivity index (χ2n) is 25.9. The molecule has 0 fully saturated rings. The predicted molar refractivity (Wildman–Crippen MR) is 313 cm³/mol. The first kappa shape index (κ1) is 46.0. The van der Waals surface area contributed by atoms with E-state index in [1.54, 1.807) is 0 Å². The molecule has 0 saturated carbocycles. The van der Waals surface area contributed by atoms with E-state index in [1.807, 2.05) is 0 Å². The summed E-state index contributed by atoms with van der Waals surface area (Å²) in [5.74, 6) is 0. The summed E-state index contributed by atoms with van der Waals surface area (Å²) >= 11 is 0. The lowest BCUT2D eigenvalue weighted by Gasteiger charge is -2.48. The molecular weight excluding hydrogens is 884 g/mol. The minimum absolute atomic E-state index is 0.0191. The quantitative estimate of drug-likeness (QED) is 0.164. The van der Waals surface area contributed by atoms with Gasteiger partial charge in [-0.3, -0.25) is 0 Å². The Hall–Kier alpha value is -6.78. The molecule has 0 bridgehead atoms. The fraction of sp³-hybridized carbons (Fsp3) is 0.304. The SMILES string of the molecule is Cc1cc2c3c(c1)N(c1ccc(C(C)(C)C)cc1-c1ccccc1)c1ccc(-c4cccc5oc6ccccc6c45)cc1B3c1cc3c(cc1N2c1ccc2c(c1)C(C)(C)CCC2(C)C)C(C)(C)CCC3(C)C. The van der Waals surface area contributed by atoms with Crippen LogP contribution in [0.3, 0.4) is 0 Å². The van der Waals surface area contributed by atoms with Gasteiger partial charge >= 0.3 is 0 Å². The Morgan fingerprint density at radius 3 is 1.77 bits per heavy atom. The van der Waals surface area contributed by atoms with Crippen molar-refractivity contribution in [2.45, 2.75) is 136 Å². The molecule has 3 nitrogen and oxygen atoms in total. The molecule has 0 N–H and O–H groups in total. The topological polar surface area (TPSA) is 19.6 Å². The van der Waals surface area contributed by atoms with Crippen molar-refractivity contribution in [3.8, 4) is 22.3 Å². The molecule has 4 heteroatoms. The highest BCUT2D eigenvalue weighted by molar-refractivity contribution is 7.00. The number of furan rings is 1. The first-order chi connectivity index (χ1) is 34.7. The average Bonchev–Trinajstić information content (AvgIpc) is 3.76. The van der Waals surface area contributed by atoms with Crippen LogP contribution in [0, 0.1) is 6.92 Å². The lowest BCUT2D eigenvalue weighted by Crippen LogP contribution is -2.62. The van der Waals surface area contributed by atoms with Crippen molar-refractivity contribution in [3.05, 3.63) is 185 Å². The molecule has 3 heterocycles. The Morgan fingerprint density at radius 1 is 0.452 bits per heavy atom. The van der Waals surface area contributed by atoms with Crippen molar-refractivity contribution in [2.75, 3.05) is 9.80 Å². The molecule has 2 aliphatic carbocycles. The third kappa shape index (κ3) is 6.98. The molecule has 73 heavy (non-hydrogen) atoms. The first-order valence-electron chi connectivity index (χ1n) is 27.0. The summed E-state index contributed by atoms with van der Waals surface area (Å²) in [6.45, 7) is 29.0. The van der Waals surface area contributed by atoms with Gasteiger partial charge in [-0.15, -0.1) is 0 Å². The fourth-order valence-electron chi connectivity index (χ4n) is 13.7. The number of fused-ring (bicyclic) bond motifs is 9. The Labute approximate surface area is 434 Å². The zero-order valence-corrected chi connectivity index (χ0v) is 45.1. The van der Waals surface area contributed by atoms with Crippen molar-refractivity contribution in [2.24, 2.45) is 0 Å². The van der Waals surface area contributed by atoms with Crippen molar-refractivity contribution in [1.82, 2.24) is 0 Å². The minimum atomic E-state index is -0.0449. The molecule has 0 amide bonds. The van der Waals surface area contributed by atoms with E-state index in [4.69, 9.17) is 4.42 Å². The molecule has 0 atom stereocenters. The summed E-state index contributed by atoms with van der Waals surface area (Å²) in [5, 5.41) is 2.31. The maximum absolute atomic E-state index is 6.55. The lowest BCUT2D eigenvalue weighted by molar-refractivity contribution is 0.332. The van der Waals surface area contributed by atoms with Gasteiger partial charge in [-0.05, 0) is 187 Å². The minimum Gasteiger partial charge on any atom is -0.456 e. The molecule has 4 aliphatic rings. The largest absolute Gasteiger partial charge is 0.456 e. The van der Waals surface area contributed by atoms with E-state index < -0.39 is 0 Å². The van der Waals surface area contributed by atoms with E-state index in [1.165, 1.54) is 124 Å². The zero-order chi connectivity index (χ0) is 50.7. The molecule has 0 radical (unpaired) electrons. The van der Waals surface area contributed by atoms with Crippen LogP contribution in [0.4, 0.5) is 34.1 Å². The number of aryl methyl sites for hydroxylation is 1. The van der Waals surface area contributed by atoms with Gasteiger partial charge in [0.15, 0.2) is 0 Å². The van der Waals surface area contributed by atoms with Gasteiger partial charge in [-0.25, -0.2) is 0 Å². The number of hydrogen-bond acceptors (Lipinski definition) is 3. The Balaban J connectivity index is 1.16. The van der Waals surface area contributed by atoms with Gasteiger partial charge in [0.25, 0.3) is 6.71 Å². The van der Waals surface area contributed by atoms with Crippen LogP contribution < -0.4 is 26.2 Å². The molecule has 0 unspecified atom stereocenters. The van der Waals surface area contributed by atoms with Crippen LogP contribution >= 0.6 is 0 Å². The monoisotopic (exact) mass is 953 g/mol. The Bertz CT molecular complexity index is 3770. The summed E-state index contributed by atoms with van der Waals surface area (Å²) in [6, 6.07) is 58.6. The lowest BCUT2D eigenvalue weighted by atomic mass is 9.33. The fourth-order valence-corrected chi connectivity index (χ4v) is 13.7. The van der Waals surface area contributed by atoms with Crippen molar-refractivity contribution < 1.29 is 4.42 Å². The summed E-state index contributed by atoms with van der Waals surface area (Å²) in [6.07, 6.45) is 4.67. The number of benzene rings is 8. The molecule has 2 aliphatic heterocycles. The summed E-state index contributed by atoms with van der Waals surface area (Å²) in [4.78, 5) is 5.33. The van der Waals surface area contributed by atoms with Crippen LogP contribution in [0.2, 0.25) is 0 Å². The summed E-state index contributed by atoms with van der Waals surface area (Å²) in [5.41, 5.74) is 26.9. The van der Waals surface area contributed by atoms with E-state index in [0.29, 0.717) is 0 Å². The van der Waals surface area contributed by atoms with Crippen LogP contribution in [0.25, 0.3) is 44.2 Å². The van der Waals surface area contributed by atoms with Crippen LogP contribution in [-0.4, -0.2) is 6.71 Å². The van der Waals surface area contributed by atoms with Crippen molar-refractivity contribution in [1.29, 1.82) is 0 Å². The smallest absolute Gasteiger partial charge is 0.252 e. The van der Waals surface area contributed by atoms with Crippen molar-refractivity contribution >= 4 is 79.2 Å². The molecule has 0 saturated heterocycles. The number of nitrogens with zero attached hydrogens (tertiary/aromatic N) is 2. The second-order valence-corrected chi connectivity index (χ2v) is 25.9. The first-order valence-corrected chi connectivity index (χ1v) is 27.0. The van der Waals surface area contributed by atoms with Crippen molar-refractivity contribution in [3.63, 3.8) is 0 Å². The highest BCUT2D eigenvalue weighted by Crippen LogP contribution is 2.54. The van der Waals surface area contributed by atoms with Gasteiger partial charge in [0.1, 0.15) is 11.2 Å². The molecule has 9 aromatic rings. The van der Waals surface area contributed by atoms with Gasteiger partial charge in [-0.1, -0.05) is 167 Å². The number of para-hydroxylation sites is 1. The van der Waals surface area contributed by atoms with E-state index in [-0.39, 0.29) is 33.8 Å². The van der Waals surface area contributed by atoms with Crippen LogP contribution in [0.1, 0.15) is 135 Å². The zero-order valence-electron chi connectivity index (χ0n) is 45.1. The third-order valence-electron chi connectivity index (χ3n) is 18.2. The normalized spacial score (nSPS) is 17.7. The molecule has 364 valence electrons. The molecule has 13 rings (SSSR count). The van der Waals surface area contributed by atoms with E-state index in [9.17, 15) is 0 Å². The Morgan fingerprint density at radius 2 is 1.05 bits per heavy atom. The maximum atomic E-state index is 6.55. The standard InChI is InChI=1S/C69H69BN2O/c1-42-35-59-64-60(36-42)72(56-30-26-45(65(2,3)4)38-49(56)43-19-14-13-15-20-43)57-29-25-44(47-22-18-24-62-63(47)48-21-16-17-23-61(48)73-62)37-54(57)70(64)55-40-52-53(69(11,12)34-33-68(52,9)10)41-58(55)71(59)46-27-28-50-51(39-46)67(7,8)32-31-66(50,5)6/h13-30,35-41H,31-34H2,1-12H3. The summed E-state index contributed by atoms with van der Waals surface area (Å²) < 4.78 is 6.55. The van der Waals surface area contributed by atoms with E-state index in [2.05, 4.69) is 245 Å². The highest BCUT2D eigenvalue weighted by Gasteiger charge is 2.48. The van der Waals surface area contributed by atoms with Crippen LogP contribution in [-0.2, 0) is 27.1 Å². The molecular formula is C69H69BN2O. The van der Waals surface area contributed by atoms with Gasteiger partial charge < -0.3 is 14.2 Å². The molecule has 8 aromatic carbocycles. The second kappa shape index (κ2) is 15.6. The third-order valence-corrected chi connectivity index (χ3v) is 18.2. The van der Waals surface area contributed by atoms with Gasteiger partial charge in [-0.2, -0.15) is 0 Å². The molecule has 1 aromatic heterocycles. The highest BCUT2D eigenvalue weighted by atomic mass is 16.3. The number of rotatable bonds is 4. The van der Waals surface area contributed by atoms with E-state index >= 15 is 0 Å². The van der Waals surface area contributed by atoms with E-state index in [0.717, 1.165) is 29.4 Å². The number of hydrogen-bond donors (Lipinski definition) is 0. The van der Waals surface area contributed by atoms with Gasteiger partial charge in [0.2, 0.25) is 0 Å².